The Balaban J connectivity index is 0.000000213. The molecule has 6 aromatic carbocycles. The molecule has 3 aliphatic heterocycles. The van der Waals surface area contributed by atoms with E-state index in [1.54, 1.807) is 157 Å². The van der Waals surface area contributed by atoms with Crippen LogP contribution in [0, 0.1) is 18.8 Å². The molecule has 4 aliphatic rings. The monoisotopic (exact) mass is 1930 g/mol. The SMILES string of the molecule is C.CC(C)(C)OC(=O)C[C@H](C(=O)O)C1CCCCC1.CN(C)C(=O)c1c[nH]c2ccc(Cl)cc12.CN(C)C(=O)c1cn(C[C@@H]2CCCN2)c2ccc(Cl)cc12.CN(C)C(=O)c1cn(C[C@@H]2CCCN2C(=O)OC(C)(C)C)c2ccc(Cl)cc12.CNC.Cc1ccc(S(=O)(=O)OC[C@@H]2CCCN2C(=O)OC(C)(C)C)cc1.Clc1ccc2[nH]ccc2c1.O=Cc1c[nH]c2ccc(Cl)cc12. The van der Waals surface area contributed by atoms with Crippen molar-refractivity contribution in [1.29, 1.82) is 0 Å². The van der Waals surface area contributed by atoms with Crippen molar-refractivity contribution in [3.63, 3.8) is 0 Å². The lowest BCUT2D eigenvalue weighted by Gasteiger charge is -2.29. The molecule has 1 saturated carbocycles. The number of amides is 5. The summed E-state index contributed by atoms with van der Waals surface area (Å²) in [4.78, 5) is 112. The molecule has 3 saturated heterocycles. The number of carboxylic acid groups (broad SMARTS) is 1. The van der Waals surface area contributed by atoms with E-state index in [1.165, 1.54) is 31.4 Å². The van der Waals surface area contributed by atoms with E-state index in [-0.39, 0.29) is 67.2 Å². The first-order valence-corrected chi connectivity index (χ1v) is 47.1. The van der Waals surface area contributed by atoms with Crippen LogP contribution in [0.25, 0.3) is 54.5 Å². The molecular weight excluding hydrogens is 1810 g/mol. The molecule has 718 valence electrons. The van der Waals surface area contributed by atoms with Crippen LogP contribution in [0.4, 0.5) is 9.59 Å². The third kappa shape index (κ3) is 32.3. The number of nitrogens with one attached hydrogen (secondary N) is 5. The Bertz CT molecular complexity index is 5810. The second-order valence-corrected chi connectivity index (χ2v) is 40.2. The highest BCUT2D eigenvalue weighted by molar-refractivity contribution is 7.86. The minimum Gasteiger partial charge on any atom is -0.481 e. The number of hydrogen-bond acceptors (Lipinski definition) is 16. The molecule has 5 aromatic heterocycles. The molecule has 0 radical (unpaired) electrons. The van der Waals surface area contributed by atoms with E-state index in [2.05, 4.69) is 34.7 Å². The van der Waals surface area contributed by atoms with E-state index >= 15 is 0 Å². The van der Waals surface area contributed by atoms with Crippen molar-refractivity contribution in [3.05, 3.63) is 205 Å². The Kier molecular flexibility index (Phi) is 41.0. The summed E-state index contributed by atoms with van der Waals surface area (Å²) in [5, 5.41) is 23.5. The van der Waals surface area contributed by atoms with Crippen LogP contribution in [0.15, 0.2) is 157 Å². The number of aliphatic carboxylic acids is 1. The summed E-state index contributed by atoms with van der Waals surface area (Å²) in [6, 6.07) is 36.7. The minimum atomic E-state index is -3.83. The van der Waals surface area contributed by atoms with Crippen molar-refractivity contribution in [2.45, 2.75) is 207 Å². The zero-order valence-corrected chi connectivity index (χ0v) is 82.8. The minimum absolute atomic E-state index is 0. The first-order valence-electron chi connectivity index (χ1n) is 43.8. The molecule has 1 aliphatic carbocycles. The molecule has 0 bridgehead atoms. The Morgan fingerprint density at radius 3 is 1.45 bits per heavy atom. The highest BCUT2D eigenvalue weighted by Gasteiger charge is 2.37. The van der Waals surface area contributed by atoms with Crippen LogP contribution in [-0.4, -0.2) is 228 Å². The number of halogens is 5. The molecule has 0 spiro atoms. The first-order chi connectivity index (χ1) is 61.7. The van der Waals surface area contributed by atoms with Gasteiger partial charge in [-0.2, -0.15) is 8.42 Å². The topological polar surface area (TPSA) is 325 Å². The van der Waals surface area contributed by atoms with Gasteiger partial charge in [0.1, 0.15) is 16.8 Å². The highest BCUT2D eigenvalue weighted by atomic mass is 35.5. The molecule has 6 N–H and O–H groups in total. The lowest BCUT2D eigenvalue weighted by Crippen LogP contribution is -2.42. The van der Waals surface area contributed by atoms with Gasteiger partial charge in [0.25, 0.3) is 27.8 Å². The van der Waals surface area contributed by atoms with E-state index in [0.717, 1.165) is 135 Å². The van der Waals surface area contributed by atoms with Gasteiger partial charge in [-0.25, -0.2) is 9.59 Å². The fourth-order valence-electron chi connectivity index (χ4n) is 15.4. The number of fused-ring (bicyclic) bond motifs is 5. The first kappa shape index (κ1) is 109. The molecule has 0 unspecified atom stereocenters. The Morgan fingerprint density at radius 2 is 0.970 bits per heavy atom. The number of rotatable bonds is 16. The average Bonchev–Trinajstić information content (AvgIpc) is 1.62. The van der Waals surface area contributed by atoms with Crippen molar-refractivity contribution in [2.24, 2.45) is 11.8 Å². The summed E-state index contributed by atoms with van der Waals surface area (Å²) in [6.07, 6.45) is 20.1. The van der Waals surface area contributed by atoms with Gasteiger partial charge in [0, 0.05) is 191 Å². The number of nitrogens with zero attached hydrogens (tertiary/aromatic N) is 7. The number of benzene rings is 6. The summed E-state index contributed by atoms with van der Waals surface area (Å²) in [7, 11) is 10.4. The Morgan fingerprint density at radius 1 is 0.523 bits per heavy atom. The fourth-order valence-corrected chi connectivity index (χ4v) is 17.3. The van der Waals surface area contributed by atoms with Gasteiger partial charge in [0.2, 0.25) is 0 Å². The maximum atomic E-state index is 12.6. The van der Waals surface area contributed by atoms with Gasteiger partial charge in [0.05, 0.1) is 52.6 Å². The zero-order valence-electron chi connectivity index (χ0n) is 78.2. The number of hydrogen-bond donors (Lipinski definition) is 6. The summed E-state index contributed by atoms with van der Waals surface area (Å²) in [5.41, 5.74) is 6.93. The number of H-pyrrole nitrogens is 3. The van der Waals surface area contributed by atoms with Crippen LogP contribution in [0.5, 0.6) is 0 Å². The summed E-state index contributed by atoms with van der Waals surface area (Å²) in [5.74, 6) is -1.80. The quantitative estimate of drug-likeness (QED) is 0.0227. The number of esters is 1. The molecule has 5 amide bonds. The summed E-state index contributed by atoms with van der Waals surface area (Å²) in [6.45, 7) is 22.0. The van der Waals surface area contributed by atoms with E-state index in [4.69, 9.17) is 76.4 Å². The van der Waals surface area contributed by atoms with Crippen LogP contribution in [0.2, 0.25) is 25.1 Å². The number of carboxylic acids is 1. The molecule has 132 heavy (non-hydrogen) atoms. The van der Waals surface area contributed by atoms with Crippen LogP contribution < -0.4 is 10.6 Å². The number of ether oxygens (including phenoxy) is 3. The number of aromatic amines is 3. The van der Waals surface area contributed by atoms with Crippen molar-refractivity contribution >= 4 is 171 Å². The van der Waals surface area contributed by atoms with Gasteiger partial charge in [0.15, 0.2) is 6.29 Å². The predicted molar refractivity (Wildman–Crippen MR) is 530 cm³/mol. The summed E-state index contributed by atoms with van der Waals surface area (Å²) >= 11 is 29.7. The lowest BCUT2D eigenvalue weighted by atomic mass is 9.78. The van der Waals surface area contributed by atoms with Crippen molar-refractivity contribution in [3.8, 4) is 0 Å². The number of aldehydes is 1. The second kappa shape index (κ2) is 49.7. The van der Waals surface area contributed by atoms with E-state index < -0.39 is 50.9 Å². The number of carbonyl (C=O) groups is 8. The molecule has 8 heterocycles. The van der Waals surface area contributed by atoms with Crippen LogP contribution in [-0.2, 0) is 51.2 Å². The lowest BCUT2D eigenvalue weighted by molar-refractivity contribution is -0.161. The molecule has 15 rings (SSSR count). The van der Waals surface area contributed by atoms with Gasteiger partial charge < -0.3 is 78.5 Å². The smallest absolute Gasteiger partial charge is 0.410 e. The van der Waals surface area contributed by atoms with Gasteiger partial charge in [-0.15, -0.1) is 0 Å². The average molecular weight is 1940 g/mol. The van der Waals surface area contributed by atoms with Gasteiger partial charge in [-0.1, -0.05) is 102 Å². The Hall–Kier alpha value is -10.1. The molecule has 27 nitrogen and oxygen atoms in total. The molecule has 4 fully saturated rings. The van der Waals surface area contributed by atoms with Crippen molar-refractivity contribution in [1.82, 2.24) is 59.2 Å². The third-order valence-corrected chi connectivity index (χ3v) is 24.1. The molecule has 11 aromatic rings. The largest absolute Gasteiger partial charge is 0.481 e. The van der Waals surface area contributed by atoms with E-state index in [9.17, 15) is 51.9 Å². The number of aryl methyl sites for hydroxylation is 1. The zero-order chi connectivity index (χ0) is 96.6. The van der Waals surface area contributed by atoms with Crippen molar-refractivity contribution in [2.75, 3.05) is 82.6 Å². The van der Waals surface area contributed by atoms with Crippen LogP contribution >= 0.6 is 58.0 Å². The maximum absolute atomic E-state index is 12.6. The highest BCUT2D eigenvalue weighted by Crippen LogP contribution is 2.36. The third-order valence-electron chi connectivity index (χ3n) is 21.6. The number of likely N-dealkylation sites (tertiary alicyclic amines) is 2. The summed E-state index contributed by atoms with van der Waals surface area (Å²) < 4.78 is 50.0. The van der Waals surface area contributed by atoms with Gasteiger partial charge >= 0.3 is 24.1 Å². The molecule has 4 atom stereocenters. The van der Waals surface area contributed by atoms with Gasteiger partial charge in [-0.3, -0.25) is 33.0 Å². The van der Waals surface area contributed by atoms with Crippen LogP contribution in [0.1, 0.15) is 194 Å². The van der Waals surface area contributed by atoms with E-state index in [1.807, 2.05) is 133 Å². The second-order valence-electron chi connectivity index (χ2n) is 36.4. The Labute approximate surface area is 801 Å². The standard InChI is InChI=1S/C21H28ClN3O3.C17H25NO5S.C16H20ClN3O.C14H24O4.C11H11ClN2O.C9H6ClNO.C8H6ClN.C2H7N.CH4/c1-21(2,3)28-20(27)25-10-6-7-15(25)12-24-13-17(19(26)23(4)5)16-11-14(22)8-9-18(16)24;1-13-7-9-15(10-8-13)24(20,21)22-12-14-6-5-11-18(14)16(19)23-17(2,3)4;1-19(2)16(21)14-10-20(9-12-4-3-7-18-12)15-6-5-11(17)8-13(14)15;1-14(2,3)18-12(15)9-11(13(16)17)10-7-5-4-6-8-10;1-14(2)11(15)9-6-13-10-4-3-7(12)5-8(9)10;10-7-1-2-9-8(3-7)6(5-12)4-11-9;9-7-1-2-8-6(5-7)3-4-10-8;1-3-2;/h8-9,11,13,15H,6-7,10,12H2,1-5H3;7-10,14H,5-6,11-12H2,1-4H3;5-6,8,10,12,18H,3-4,7,9H2,1-2H3;10-11H,4-9H2,1-3H3,(H,16,17);3-6,13H,1-2H3;1-5,11H;1-5,10H;3H,1-2H3;1H4/t15-;14-;12-;11-;;;;;/m0000...../s1. The van der Waals surface area contributed by atoms with Gasteiger partial charge in [-0.05, 0) is 256 Å². The van der Waals surface area contributed by atoms with Crippen molar-refractivity contribution < 1.29 is 70.3 Å². The maximum Gasteiger partial charge on any atom is 0.410 e. The van der Waals surface area contributed by atoms with E-state index in [0.29, 0.717) is 68.9 Å². The predicted octanol–water partition coefficient (Wildman–Crippen LogP) is 21.7. The van der Waals surface area contributed by atoms with Crippen LogP contribution in [0.3, 0.4) is 0 Å². The molecular formula is C99H131Cl5N12O15S. The number of aromatic nitrogens is 5. The fraction of sp³-hybridized carbons (Fsp3) is 0.455. The normalized spacial score (nSPS) is 15.7. The molecule has 33 heteroatoms. The number of carbonyl (C=O) groups excluding carboxylic acids is 7.